The highest BCUT2D eigenvalue weighted by molar-refractivity contribution is 5.82. The van der Waals surface area contributed by atoms with Crippen molar-refractivity contribution in [3.05, 3.63) is 29.8 Å². The molecule has 1 aromatic rings. The minimum atomic E-state index is -0.461. The first-order valence-corrected chi connectivity index (χ1v) is 6.58. The number of primary amides is 1. The average Bonchev–Trinajstić information content (AvgIpc) is 2.39. The number of benzene rings is 1. The van der Waals surface area contributed by atoms with Crippen LogP contribution in [0.2, 0.25) is 0 Å². The van der Waals surface area contributed by atoms with E-state index in [0.717, 1.165) is 5.56 Å². The van der Waals surface area contributed by atoms with Gasteiger partial charge in [0.1, 0.15) is 0 Å². The molecule has 0 saturated carbocycles. The first-order valence-electron chi connectivity index (χ1n) is 6.58. The maximum atomic E-state index is 11.9. The number of amides is 2. The Morgan fingerprint density at radius 3 is 2.40 bits per heavy atom. The molecule has 0 spiro atoms. The molecule has 0 saturated heterocycles. The molecule has 1 aromatic carbocycles. The lowest BCUT2D eigenvalue weighted by molar-refractivity contribution is -0.127. The smallest absolute Gasteiger partial charge is 0.237 e. The van der Waals surface area contributed by atoms with Crippen molar-refractivity contribution >= 4 is 17.5 Å². The molecule has 0 fully saturated rings. The van der Waals surface area contributed by atoms with Crippen LogP contribution in [0.4, 0.5) is 5.69 Å². The quantitative estimate of drug-likeness (QED) is 0.615. The summed E-state index contributed by atoms with van der Waals surface area (Å²) in [4.78, 5) is 24.8. The molecule has 5 N–H and O–H groups in total. The summed E-state index contributed by atoms with van der Waals surface area (Å²) in [6, 6.07) is 6.88. The zero-order valence-electron chi connectivity index (χ0n) is 11.9. The van der Waals surface area contributed by atoms with Gasteiger partial charge in [-0.1, -0.05) is 12.1 Å². The molecule has 6 heteroatoms. The van der Waals surface area contributed by atoms with E-state index in [1.54, 1.807) is 24.0 Å². The van der Waals surface area contributed by atoms with Crippen molar-refractivity contribution < 1.29 is 9.59 Å². The van der Waals surface area contributed by atoms with Crippen molar-refractivity contribution in [3.8, 4) is 0 Å². The predicted molar refractivity (Wildman–Crippen MR) is 78.6 cm³/mol. The van der Waals surface area contributed by atoms with E-state index in [1.165, 1.54) is 0 Å². The van der Waals surface area contributed by atoms with Crippen LogP contribution in [0.1, 0.15) is 19.4 Å². The molecule has 6 nitrogen and oxygen atoms in total. The van der Waals surface area contributed by atoms with Crippen LogP contribution >= 0.6 is 0 Å². The molecule has 0 aromatic heterocycles. The van der Waals surface area contributed by atoms with Crippen molar-refractivity contribution in [3.63, 3.8) is 0 Å². The summed E-state index contributed by atoms with van der Waals surface area (Å²) >= 11 is 0. The summed E-state index contributed by atoms with van der Waals surface area (Å²) in [6.45, 7) is 4.65. The van der Waals surface area contributed by atoms with Crippen molar-refractivity contribution in [1.29, 1.82) is 0 Å². The Kier molecular flexibility index (Phi) is 5.99. The van der Waals surface area contributed by atoms with Crippen molar-refractivity contribution in [2.24, 2.45) is 5.73 Å². The van der Waals surface area contributed by atoms with Gasteiger partial charge >= 0.3 is 0 Å². The van der Waals surface area contributed by atoms with Gasteiger partial charge in [0.05, 0.1) is 12.6 Å². The van der Waals surface area contributed by atoms with Gasteiger partial charge < -0.3 is 16.8 Å². The number of nitrogens with one attached hydrogen (secondary N) is 1. The molecule has 0 aliphatic carbocycles. The summed E-state index contributed by atoms with van der Waals surface area (Å²) in [7, 11) is 0. The number of nitrogens with zero attached hydrogens (tertiary/aromatic N) is 1. The number of anilines is 1. The van der Waals surface area contributed by atoms with Crippen LogP contribution in [0.3, 0.4) is 0 Å². The van der Waals surface area contributed by atoms with Crippen LogP contribution in [-0.4, -0.2) is 35.8 Å². The largest absolute Gasteiger partial charge is 0.399 e. The fourth-order valence-corrected chi connectivity index (χ4v) is 1.88. The highest BCUT2D eigenvalue weighted by atomic mass is 16.2. The monoisotopic (exact) mass is 278 g/mol. The van der Waals surface area contributed by atoms with E-state index in [9.17, 15) is 9.59 Å². The number of nitrogen functional groups attached to an aromatic ring is 1. The van der Waals surface area contributed by atoms with Crippen LogP contribution < -0.4 is 16.8 Å². The van der Waals surface area contributed by atoms with Crippen molar-refractivity contribution in [2.75, 3.05) is 18.8 Å². The Bertz CT molecular complexity index is 459. The molecule has 20 heavy (non-hydrogen) atoms. The molecule has 110 valence electrons. The zero-order valence-corrected chi connectivity index (χ0v) is 11.9. The molecule has 0 radical (unpaired) electrons. The van der Waals surface area contributed by atoms with Gasteiger partial charge in [-0.2, -0.15) is 0 Å². The molecule has 2 amide bonds. The van der Waals surface area contributed by atoms with Gasteiger partial charge in [0, 0.05) is 18.8 Å². The maximum Gasteiger partial charge on any atom is 0.237 e. The summed E-state index contributed by atoms with van der Waals surface area (Å²) in [6.07, 6.45) is 0. The first-order chi connectivity index (χ1) is 9.43. The number of carbonyl (C=O) groups is 2. The van der Waals surface area contributed by atoms with E-state index in [0.29, 0.717) is 18.8 Å². The van der Waals surface area contributed by atoms with E-state index < -0.39 is 11.9 Å². The molecule has 0 aliphatic rings. The van der Waals surface area contributed by atoms with Gasteiger partial charge in [0.2, 0.25) is 11.8 Å². The summed E-state index contributed by atoms with van der Waals surface area (Å²) < 4.78 is 0. The van der Waals surface area contributed by atoms with E-state index in [4.69, 9.17) is 11.5 Å². The van der Waals surface area contributed by atoms with Crippen molar-refractivity contribution in [2.45, 2.75) is 26.4 Å². The Labute approximate surface area is 119 Å². The molecule has 1 rings (SSSR count). The van der Waals surface area contributed by atoms with Crippen molar-refractivity contribution in [1.82, 2.24) is 10.2 Å². The summed E-state index contributed by atoms with van der Waals surface area (Å²) in [5.41, 5.74) is 12.5. The summed E-state index contributed by atoms with van der Waals surface area (Å²) in [5, 5.41) is 2.74. The number of nitrogens with two attached hydrogens (primary N) is 2. The van der Waals surface area contributed by atoms with Gasteiger partial charge in [-0.15, -0.1) is 0 Å². The third-order valence-electron chi connectivity index (χ3n) is 3.00. The molecule has 0 heterocycles. The van der Waals surface area contributed by atoms with E-state index in [1.807, 2.05) is 19.1 Å². The lowest BCUT2D eigenvalue weighted by Crippen LogP contribution is -2.47. The second kappa shape index (κ2) is 7.49. The Morgan fingerprint density at radius 1 is 1.30 bits per heavy atom. The van der Waals surface area contributed by atoms with Gasteiger partial charge in [0.25, 0.3) is 0 Å². The number of hydrogen-bond acceptors (Lipinski definition) is 4. The molecule has 1 unspecified atom stereocenters. The lowest BCUT2D eigenvalue weighted by Gasteiger charge is -2.27. The number of hydrogen-bond donors (Lipinski definition) is 3. The molecule has 1 atom stereocenters. The van der Waals surface area contributed by atoms with Gasteiger partial charge in [-0.05, 0) is 31.5 Å². The van der Waals surface area contributed by atoms with Crippen LogP contribution in [0.25, 0.3) is 0 Å². The van der Waals surface area contributed by atoms with Gasteiger partial charge in [-0.25, -0.2) is 0 Å². The SMILES string of the molecule is CCNC(=O)C(C)N(CC(N)=O)Cc1ccc(N)cc1. The zero-order chi connectivity index (χ0) is 15.1. The van der Waals surface area contributed by atoms with Crippen LogP contribution in [-0.2, 0) is 16.1 Å². The first kappa shape index (κ1) is 16.0. The standard InChI is InChI=1S/C14H22N4O2/c1-3-17-14(20)10(2)18(9-13(16)19)8-11-4-6-12(15)7-5-11/h4-7,10H,3,8-9,15H2,1-2H3,(H2,16,19)(H,17,20). The molecular weight excluding hydrogens is 256 g/mol. The Morgan fingerprint density at radius 2 is 1.90 bits per heavy atom. The highest BCUT2D eigenvalue weighted by Crippen LogP contribution is 2.11. The third-order valence-corrected chi connectivity index (χ3v) is 3.00. The van der Waals surface area contributed by atoms with E-state index >= 15 is 0 Å². The fourth-order valence-electron chi connectivity index (χ4n) is 1.88. The minimum absolute atomic E-state index is 0.0304. The molecular formula is C14H22N4O2. The number of rotatable bonds is 7. The molecule has 0 bridgehead atoms. The average molecular weight is 278 g/mol. The highest BCUT2D eigenvalue weighted by Gasteiger charge is 2.22. The third kappa shape index (κ3) is 4.89. The van der Waals surface area contributed by atoms with Gasteiger partial charge in [0.15, 0.2) is 0 Å². The van der Waals surface area contributed by atoms with E-state index in [2.05, 4.69) is 5.32 Å². The second-order valence-corrected chi connectivity index (χ2v) is 4.68. The van der Waals surface area contributed by atoms with Gasteiger partial charge in [-0.3, -0.25) is 14.5 Å². The number of carbonyl (C=O) groups excluding carboxylic acids is 2. The Hall–Kier alpha value is -2.08. The normalized spacial score (nSPS) is 12.2. The fraction of sp³-hybridized carbons (Fsp3) is 0.429. The molecule has 0 aliphatic heterocycles. The summed E-state index contributed by atoms with van der Waals surface area (Å²) in [5.74, 6) is -0.583. The van der Waals surface area contributed by atoms with Crippen LogP contribution in [0.15, 0.2) is 24.3 Å². The maximum absolute atomic E-state index is 11.9. The lowest BCUT2D eigenvalue weighted by atomic mass is 10.1. The predicted octanol–water partition coefficient (Wildman–Crippen LogP) is 0.0807. The van der Waals surface area contributed by atoms with E-state index in [-0.39, 0.29) is 12.5 Å². The van der Waals surface area contributed by atoms with Crippen LogP contribution in [0, 0.1) is 0 Å². The second-order valence-electron chi connectivity index (χ2n) is 4.68. The van der Waals surface area contributed by atoms with Crippen LogP contribution in [0.5, 0.6) is 0 Å². The Balaban J connectivity index is 2.80. The topological polar surface area (TPSA) is 101 Å². The minimum Gasteiger partial charge on any atom is -0.399 e. The number of likely N-dealkylation sites (N-methyl/N-ethyl adjacent to an activating group) is 1.